The van der Waals surface area contributed by atoms with Gasteiger partial charge in [0.2, 0.25) is 5.88 Å². The van der Waals surface area contributed by atoms with Gasteiger partial charge in [0.25, 0.3) is 5.56 Å². The van der Waals surface area contributed by atoms with E-state index in [1.165, 1.54) is 13.1 Å². The molecule has 0 saturated heterocycles. The number of nitriles is 1. The first-order valence-electron chi connectivity index (χ1n) is 6.50. The predicted octanol–water partition coefficient (Wildman–Crippen LogP) is 2.19. The van der Waals surface area contributed by atoms with E-state index in [-0.39, 0.29) is 40.8 Å². The van der Waals surface area contributed by atoms with Crippen LogP contribution in [0.1, 0.15) is 11.1 Å². The molecule has 2 rings (SSSR count). The number of aliphatic hydroxyl groups excluding tert-OH is 1. The summed E-state index contributed by atoms with van der Waals surface area (Å²) in [7, 11) is 0. The van der Waals surface area contributed by atoms with Gasteiger partial charge in [-0.2, -0.15) is 5.26 Å². The minimum absolute atomic E-state index is 0.107. The summed E-state index contributed by atoms with van der Waals surface area (Å²) >= 11 is 5.86. The number of aromatic hydroxyl groups is 1. The summed E-state index contributed by atoms with van der Waals surface area (Å²) in [5.74, 6) is -0.512. The first-order valence-corrected chi connectivity index (χ1v) is 6.88. The van der Waals surface area contributed by atoms with E-state index in [0.717, 1.165) is 4.57 Å². The summed E-state index contributed by atoms with van der Waals surface area (Å²) in [6.07, 6.45) is 1.48. The number of nitrogens with zero attached hydrogens (tertiary/aromatic N) is 5. The standard InChI is InChI=1S/C14H12ClN5O3/c1-8-9(7-16)13(22)20(5-6-21)14(23)11(8)19-18-10-3-2-4-17-12(10)15/h2-4,21-22H,5-6H2,1H3. The molecular formula is C14H12ClN5O3. The quantitative estimate of drug-likeness (QED) is 0.655. The van der Waals surface area contributed by atoms with Crippen molar-refractivity contribution >= 4 is 23.0 Å². The van der Waals surface area contributed by atoms with E-state index in [0.29, 0.717) is 0 Å². The normalized spacial score (nSPS) is 10.9. The molecule has 0 aliphatic carbocycles. The molecule has 2 heterocycles. The van der Waals surface area contributed by atoms with E-state index in [2.05, 4.69) is 15.2 Å². The van der Waals surface area contributed by atoms with Gasteiger partial charge in [-0.1, -0.05) is 11.6 Å². The van der Waals surface area contributed by atoms with Crippen LogP contribution in [-0.2, 0) is 6.54 Å². The molecule has 0 spiro atoms. The molecule has 0 saturated carbocycles. The van der Waals surface area contributed by atoms with Crippen molar-refractivity contribution < 1.29 is 10.2 Å². The minimum atomic E-state index is -0.670. The van der Waals surface area contributed by atoms with Crippen LogP contribution in [0.4, 0.5) is 11.4 Å². The van der Waals surface area contributed by atoms with Crippen LogP contribution in [0.15, 0.2) is 33.4 Å². The maximum absolute atomic E-state index is 12.4. The molecule has 23 heavy (non-hydrogen) atoms. The Morgan fingerprint density at radius 3 is 2.83 bits per heavy atom. The van der Waals surface area contributed by atoms with Crippen LogP contribution in [-0.4, -0.2) is 26.4 Å². The van der Waals surface area contributed by atoms with Crippen LogP contribution in [0, 0.1) is 18.3 Å². The Bertz CT molecular complexity index is 870. The maximum Gasteiger partial charge on any atom is 0.281 e. The summed E-state index contributed by atoms with van der Waals surface area (Å²) in [4.78, 5) is 16.2. The molecule has 0 unspecified atom stereocenters. The van der Waals surface area contributed by atoms with Gasteiger partial charge in [0.15, 0.2) is 10.8 Å². The molecule has 0 atom stereocenters. The molecule has 0 radical (unpaired) electrons. The lowest BCUT2D eigenvalue weighted by molar-refractivity contribution is 0.263. The Balaban J connectivity index is 2.63. The van der Waals surface area contributed by atoms with Crippen molar-refractivity contribution in [1.82, 2.24) is 9.55 Å². The first kappa shape index (κ1) is 16.6. The molecule has 9 heteroatoms. The second kappa shape index (κ2) is 7.00. The summed E-state index contributed by atoms with van der Waals surface area (Å²) in [5.41, 5.74) is -0.449. The second-order valence-corrected chi connectivity index (χ2v) is 4.84. The molecule has 118 valence electrons. The molecule has 0 aromatic carbocycles. The highest BCUT2D eigenvalue weighted by Gasteiger charge is 2.18. The fraction of sp³-hybridized carbons (Fsp3) is 0.214. The summed E-state index contributed by atoms with van der Waals surface area (Å²) in [5, 5.41) is 35.9. The number of rotatable bonds is 4. The van der Waals surface area contributed by atoms with Crippen molar-refractivity contribution in [3.63, 3.8) is 0 Å². The third-order valence-electron chi connectivity index (χ3n) is 3.09. The minimum Gasteiger partial charge on any atom is -0.493 e. The van der Waals surface area contributed by atoms with E-state index >= 15 is 0 Å². The number of hydrogen-bond acceptors (Lipinski definition) is 7. The van der Waals surface area contributed by atoms with Gasteiger partial charge in [0, 0.05) is 11.8 Å². The van der Waals surface area contributed by atoms with Gasteiger partial charge in [-0.15, -0.1) is 10.2 Å². The Labute approximate surface area is 135 Å². The SMILES string of the molecule is Cc1c(C#N)c(O)n(CCO)c(=O)c1N=Nc1cccnc1Cl. The average molecular weight is 334 g/mol. The van der Waals surface area contributed by atoms with E-state index in [1.807, 2.05) is 6.07 Å². The van der Waals surface area contributed by atoms with Crippen LogP contribution in [0.3, 0.4) is 0 Å². The zero-order valence-corrected chi connectivity index (χ0v) is 12.8. The number of aliphatic hydroxyl groups is 1. The van der Waals surface area contributed by atoms with Crippen molar-refractivity contribution in [1.29, 1.82) is 5.26 Å². The molecular weight excluding hydrogens is 322 g/mol. The largest absolute Gasteiger partial charge is 0.493 e. The van der Waals surface area contributed by atoms with Crippen molar-refractivity contribution in [2.45, 2.75) is 13.5 Å². The highest BCUT2D eigenvalue weighted by molar-refractivity contribution is 6.31. The van der Waals surface area contributed by atoms with Gasteiger partial charge < -0.3 is 10.2 Å². The zero-order valence-electron chi connectivity index (χ0n) is 12.1. The summed E-state index contributed by atoms with van der Waals surface area (Å²) < 4.78 is 0.866. The molecule has 0 fully saturated rings. The van der Waals surface area contributed by atoms with E-state index < -0.39 is 11.4 Å². The second-order valence-electron chi connectivity index (χ2n) is 4.48. The Hall–Kier alpha value is -2.76. The van der Waals surface area contributed by atoms with Crippen LogP contribution in [0.25, 0.3) is 0 Å². The number of pyridine rings is 2. The third-order valence-corrected chi connectivity index (χ3v) is 3.38. The fourth-order valence-electron chi connectivity index (χ4n) is 1.92. The molecule has 0 amide bonds. The highest BCUT2D eigenvalue weighted by Crippen LogP contribution is 2.28. The van der Waals surface area contributed by atoms with Gasteiger partial charge in [-0.05, 0) is 19.1 Å². The average Bonchev–Trinajstić information content (AvgIpc) is 2.53. The molecule has 0 aliphatic heterocycles. The van der Waals surface area contributed by atoms with Crippen molar-refractivity contribution in [3.8, 4) is 11.9 Å². The predicted molar refractivity (Wildman–Crippen MR) is 82.3 cm³/mol. The molecule has 0 bridgehead atoms. The van der Waals surface area contributed by atoms with E-state index in [1.54, 1.807) is 12.1 Å². The lowest BCUT2D eigenvalue weighted by Gasteiger charge is -2.11. The monoisotopic (exact) mass is 333 g/mol. The number of azo groups is 1. The van der Waals surface area contributed by atoms with Gasteiger partial charge in [0.05, 0.1) is 13.2 Å². The lowest BCUT2D eigenvalue weighted by Crippen LogP contribution is -2.23. The van der Waals surface area contributed by atoms with Crippen LogP contribution >= 0.6 is 11.6 Å². The highest BCUT2D eigenvalue weighted by atomic mass is 35.5. The van der Waals surface area contributed by atoms with Crippen molar-refractivity contribution in [2.24, 2.45) is 10.2 Å². The van der Waals surface area contributed by atoms with Gasteiger partial charge >= 0.3 is 0 Å². The topological polar surface area (TPSA) is 124 Å². The molecule has 0 aliphatic rings. The Morgan fingerprint density at radius 2 is 2.22 bits per heavy atom. The maximum atomic E-state index is 12.4. The van der Waals surface area contributed by atoms with Gasteiger partial charge in [0.1, 0.15) is 17.3 Å². The zero-order chi connectivity index (χ0) is 17.0. The number of halogens is 1. The number of aromatic nitrogens is 2. The van der Waals surface area contributed by atoms with E-state index in [9.17, 15) is 9.90 Å². The molecule has 2 N–H and O–H groups in total. The first-order chi connectivity index (χ1) is 11.0. The van der Waals surface area contributed by atoms with Crippen molar-refractivity contribution in [2.75, 3.05) is 6.61 Å². The van der Waals surface area contributed by atoms with Crippen LogP contribution < -0.4 is 5.56 Å². The van der Waals surface area contributed by atoms with Gasteiger partial charge in [-0.25, -0.2) is 4.98 Å². The van der Waals surface area contributed by atoms with Gasteiger partial charge in [-0.3, -0.25) is 9.36 Å². The van der Waals surface area contributed by atoms with Crippen LogP contribution in [0.2, 0.25) is 5.15 Å². The summed E-state index contributed by atoms with van der Waals surface area (Å²) in [6, 6.07) is 4.98. The van der Waals surface area contributed by atoms with E-state index in [4.69, 9.17) is 22.0 Å². The molecule has 2 aromatic rings. The summed E-state index contributed by atoms with van der Waals surface area (Å²) in [6.45, 7) is 0.921. The van der Waals surface area contributed by atoms with Crippen LogP contribution in [0.5, 0.6) is 5.88 Å². The smallest absolute Gasteiger partial charge is 0.281 e. The van der Waals surface area contributed by atoms with Crippen molar-refractivity contribution in [3.05, 3.63) is 45.0 Å². The number of hydrogen-bond donors (Lipinski definition) is 2. The fourth-order valence-corrected chi connectivity index (χ4v) is 2.08. The Kier molecular flexibility index (Phi) is 5.05. The Morgan fingerprint density at radius 1 is 1.48 bits per heavy atom. The lowest BCUT2D eigenvalue weighted by atomic mass is 10.1. The molecule has 2 aromatic heterocycles. The molecule has 8 nitrogen and oxygen atoms in total. The third kappa shape index (κ3) is 3.21.